The molecule has 0 radical (unpaired) electrons. The van der Waals surface area contributed by atoms with E-state index in [0.717, 1.165) is 38.8 Å². The zero-order valence-corrected chi connectivity index (χ0v) is 9.74. The highest BCUT2D eigenvalue weighted by atomic mass is 15.2. The monoisotopic (exact) mass is 213 g/mol. The first-order valence-corrected chi connectivity index (χ1v) is 5.62. The average molecular weight is 213 g/mol. The quantitative estimate of drug-likeness (QED) is 0.261. The van der Waals surface area contributed by atoms with Crippen LogP contribution in [-0.2, 0) is 0 Å². The van der Waals surface area contributed by atoms with E-state index < -0.39 is 0 Å². The number of hydrogen-bond acceptors (Lipinski definition) is 2. The molecule has 0 aromatic heterocycles. The number of hydrogen-bond donors (Lipinski definition) is 5. The maximum Gasteiger partial charge on any atom is 0.195 e. The zero-order valence-electron chi connectivity index (χ0n) is 9.74. The Labute approximate surface area is 92.0 Å². The van der Waals surface area contributed by atoms with Gasteiger partial charge >= 0.3 is 0 Å². The zero-order chi connectivity index (χ0) is 11.5. The summed E-state index contributed by atoms with van der Waals surface area (Å²) >= 11 is 0. The Hall–Kier alpha value is -1.26. The van der Waals surface area contributed by atoms with Crippen molar-refractivity contribution in [2.75, 3.05) is 13.1 Å². The number of rotatable bonds is 6. The third kappa shape index (κ3) is 9.05. The molecule has 15 heavy (non-hydrogen) atoms. The highest BCUT2D eigenvalue weighted by Gasteiger charge is 1.98. The van der Waals surface area contributed by atoms with Gasteiger partial charge in [0.15, 0.2) is 11.9 Å². The van der Waals surface area contributed by atoms with Crippen molar-refractivity contribution in [2.24, 2.45) is 0 Å². The summed E-state index contributed by atoms with van der Waals surface area (Å²) in [5.74, 6) is 0.384. The van der Waals surface area contributed by atoms with Crippen molar-refractivity contribution in [3.8, 4) is 0 Å². The molecule has 0 aromatic carbocycles. The van der Waals surface area contributed by atoms with E-state index >= 15 is 0 Å². The third-order valence-corrected chi connectivity index (χ3v) is 1.91. The van der Waals surface area contributed by atoms with Crippen molar-refractivity contribution < 1.29 is 0 Å². The summed E-state index contributed by atoms with van der Waals surface area (Å²) in [7, 11) is 0. The van der Waals surface area contributed by atoms with Crippen LogP contribution in [0.3, 0.4) is 0 Å². The third-order valence-electron chi connectivity index (χ3n) is 1.91. The van der Waals surface area contributed by atoms with E-state index in [9.17, 15) is 0 Å². The van der Waals surface area contributed by atoms with Crippen LogP contribution in [0.5, 0.6) is 0 Å². The Balaban J connectivity index is 3.45. The molecule has 0 aliphatic carbocycles. The molecule has 5 N–H and O–H groups in total. The molecule has 0 spiro atoms. The second kappa shape index (κ2) is 9.30. The van der Waals surface area contributed by atoms with Gasteiger partial charge in [-0.05, 0) is 12.8 Å². The first-order valence-electron chi connectivity index (χ1n) is 5.62. The molecular weight excluding hydrogens is 190 g/mol. The van der Waals surface area contributed by atoms with Gasteiger partial charge in [0.05, 0.1) is 0 Å². The van der Waals surface area contributed by atoms with E-state index in [2.05, 4.69) is 29.8 Å². The molecule has 0 aliphatic rings. The SMILES string of the molecule is CCCCNC(=N)NC(=N)NCCCC. The Morgan fingerprint density at radius 1 is 0.867 bits per heavy atom. The minimum absolute atomic E-state index is 0.192. The van der Waals surface area contributed by atoms with Gasteiger partial charge in [0, 0.05) is 13.1 Å². The van der Waals surface area contributed by atoms with Crippen molar-refractivity contribution in [3.63, 3.8) is 0 Å². The lowest BCUT2D eigenvalue weighted by molar-refractivity contribution is 0.729. The van der Waals surface area contributed by atoms with Gasteiger partial charge in [-0.1, -0.05) is 26.7 Å². The van der Waals surface area contributed by atoms with Crippen LogP contribution in [0.25, 0.3) is 0 Å². The van der Waals surface area contributed by atoms with E-state index in [4.69, 9.17) is 10.8 Å². The van der Waals surface area contributed by atoms with E-state index in [1.807, 2.05) is 0 Å². The first kappa shape index (κ1) is 13.7. The Kier molecular flexibility index (Phi) is 8.52. The molecule has 0 amide bonds. The second-order valence-corrected chi connectivity index (χ2v) is 3.44. The highest BCUT2D eigenvalue weighted by Crippen LogP contribution is 1.82. The number of unbranched alkanes of at least 4 members (excludes halogenated alkanes) is 2. The fourth-order valence-electron chi connectivity index (χ4n) is 0.994. The van der Waals surface area contributed by atoms with Gasteiger partial charge in [-0.25, -0.2) is 0 Å². The summed E-state index contributed by atoms with van der Waals surface area (Å²) in [4.78, 5) is 0. The molecule has 0 fully saturated rings. The van der Waals surface area contributed by atoms with E-state index in [0.29, 0.717) is 0 Å². The summed E-state index contributed by atoms with van der Waals surface area (Å²) in [6.07, 6.45) is 4.29. The van der Waals surface area contributed by atoms with E-state index in [1.165, 1.54) is 0 Å². The highest BCUT2D eigenvalue weighted by molar-refractivity contribution is 5.95. The first-order chi connectivity index (χ1) is 7.20. The average Bonchev–Trinajstić information content (AvgIpc) is 2.18. The van der Waals surface area contributed by atoms with Crippen LogP contribution >= 0.6 is 0 Å². The topological polar surface area (TPSA) is 83.8 Å². The Bertz CT molecular complexity index is 170. The molecule has 0 aliphatic heterocycles. The van der Waals surface area contributed by atoms with E-state index in [-0.39, 0.29) is 11.9 Å². The molecule has 0 saturated carbocycles. The molecule has 0 saturated heterocycles. The molecule has 0 atom stereocenters. The predicted octanol–water partition coefficient (Wildman–Crippen LogP) is 1.22. The van der Waals surface area contributed by atoms with Crippen molar-refractivity contribution in [3.05, 3.63) is 0 Å². The molecule has 88 valence electrons. The summed E-state index contributed by atoms with van der Waals surface area (Å²) in [5.41, 5.74) is 0. The van der Waals surface area contributed by atoms with Crippen molar-refractivity contribution in [1.29, 1.82) is 10.8 Å². The van der Waals surface area contributed by atoms with Gasteiger partial charge in [0.1, 0.15) is 0 Å². The lowest BCUT2D eigenvalue weighted by Crippen LogP contribution is -2.46. The summed E-state index contributed by atoms with van der Waals surface area (Å²) in [5, 5.41) is 23.4. The second-order valence-electron chi connectivity index (χ2n) is 3.44. The summed E-state index contributed by atoms with van der Waals surface area (Å²) in [6.45, 7) is 5.77. The number of guanidine groups is 2. The number of nitrogens with one attached hydrogen (secondary N) is 5. The van der Waals surface area contributed by atoms with Crippen LogP contribution < -0.4 is 16.0 Å². The lowest BCUT2D eigenvalue weighted by Gasteiger charge is -2.11. The lowest BCUT2D eigenvalue weighted by atomic mass is 10.3. The standard InChI is InChI=1S/C10H23N5/c1-3-5-7-13-9(11)15-10(12)14-8-6-4-2/h3-8H2,1-2H3,(H5,11,12,13,14,15). The van der Waals surface area contributed by atoms with Crippen LogP contribution in [0.15, 0.2) is 0 Å². The van der Waals surface area contributed by atoms with E-state index in [1.54, 1.807) is 0 Å². The molecule has 0 heterocycles. The molecule has 0 rings (SSSR count). The Morgan fingerprint density at radius 2 is 1.27 bits per heavy atom. The smallest absolute Gasteiger partial charge is 0.195 e. The molecule has 0 bridgehead atoms. The molecule has 0 aromatic rings. The van der Waals surface area contributed by atoms with Gasteiger partial charge in [-0.2, -0.15) is 0 Å². The van der Waals surface area contributed by atoms with Gasteiger partial charge in [-0.3, -0.25) is 16.1 Å². The molecule has 0 unspecified atom stereocenters. The minimum atomic E-state index is 0.192. The normalized spacial score (nSPS) is 9.47. The van der Waals surface area contributed by atoms with Crippen molar-refractivity contribution in [1.82, 2.24) is 16.0 Å². The Morgan fingerprint density at radius 3 is 1.60 bits per heavy atom. The van der Waals surface area contributed by atoms with Gasteiger partial charge in [-0.15, -0.1) is 0 Å². The predicted molar refractivity (Wildman–Crippen MR) is 64.4 cm³/mol. The fourth-order valence-corrected chi connectivity index (χ4v) is 0.994. The largest absolute Gasteiger partial charge is 0.356 e. The summed E-state index contributed by atoms with van der Waals surface area (Å²) < 4.78 is 0. The van der Waals surface area contributed by atoms with Crippen LogP contribution in [0.1, 0.15) is 39.5 Å². The van der Waals surface area contributed by atoms with Crippen molar-refractivity contribution in [2.45, 2.75) is 39.5 Å². The van der Waals surface area contributed by atoms with Crippen LogP contribution in [0, 0.1) is 10.8 Å². The van der Waals surface area contributed by atoms with Crippen LogP contribution in [0.2, 0.25) is 0 Å². The maximum atomic E-state index is 7.47. The maximum absolute atomic E-state index is 7.47. The van der Waals surface area contributed by atoms with Crippen LogP contribution in [-0.4, -0.2) is 25.0 Å². The molecular formula is C10H23N5. The van der Waals surface area contributed by atoms with Gasteiger partial charge < -0.3 is 10.6 Å². The van der Waals surface area contributed by atoms with Crippen LogP contribution in [0.4, 0.5) is 0 Å². The van der Waals surface area contributed by atoms with Crippen molar-refractivity contribution >= 4 is 11.9 Å². The van der Waals surface area contributed by atoms with Gasteiger partial charge in [0.25, 0.3) is 0 Å². The molecule has 5 heteroatoms. The molecule has 5 nitrogen and oxygen atoms in total. The fraction of sp³-hybridized carbons (Fsp3) is 0.800. The minimum Gasteiger partial charge on any atom is -0.356 e. The summed E-state index contributed by atoms with van der Waals surface area (Å²) in [6, 6.07) is 0. The van der Waals surface area contributed by atoms with Gasteiger partial charge in [0.2, 0.25) is 0 Å².